The van der Waals surface area contributed by atoms with Crippen LogP contribution in [0.25, 0.3) is 0 Å². The number of allylic oxidation sites excluding steroid dienone is 4. The average molecular weight is 972 g/mol. The minimum absolute atomic E-state index is 0.0646. The van der Waals surface area contributed by atoms with Crippen LogP contribution in [0, 0.1) is 0 Å². The van der Waals surface area contributed by atoms with Gasteiger partial charge in [0.2, 0.25) is 0 Å². The van der Waals surface area contributed by atoms with E-state index in [9.17, 15) is 14.4 Å². The van der Waals surface area contributed by atoms with Crippen LogP contribution in [0.4, 0.5) is 0 Å². The topological polar surface area (TPSA) is 78.9 Å². The van der Waals surface area contributed by atoms with Crippen LogP contribution in [-0.4, -0.2) is 37.2 Å². The van der Waals surface area contributed by atoms with Crippen molar-refractivity contribution in [3.05, 3.63) is 24.3 Å². The van der Waals surface area contributed by atoms with E-state index in [0.717, 1.165) is 64.2 Å². The van der Waals surface area contributed by atoms with Gasteiger partial charge in [-0.05, 0) is 51.4 Å². The van der Waals surface area contributed by atoms with Crippen molar-refractivity contribution < 1.29 is 28.6 Å². The third-order valence-corrected chi connectivity index (χ3v) is 14.0. The number of hydrogen-bond acceptors (Lipinski definition) is 6. The number of ether oxygens (including phenoxy) is 3. The molecule has 0 aliphatic heterocycles. The van der Waals surface area contributed by atoms with Gasteiger partial charge in [-0.15, -0.1) is 0 Å². The van der Waals surface area contributed by atoms with E-state index >= 15 is 0 Å². The number of carbonyl (C=O) groups is 3. The average Bonchev–Trinajstić information content (AvgIpc) is 3.35. The standard InChI is InChI=1S/C63H118O6/c1-4-7-10-13-16-19-22-25-26-27-28-29-30-31-32-33-34-35-36-37-38-39-42-44-47-50-53-56-62(65)68-59-60(69-63(66)57-54-51-48-45-41-24-21-18-15-12-9-6-3)58-67-61(64)55-52-49-46-43-40-23-20-17-14-11-8-5-2/h22,25,27-28,60H,4-21,23-24,26,29-59H2,1-3H3/b25-22-,28-27-. The van der Waals surface area contributed by atoms with Gasteiger partial charge in [-0.3, -0.25) is 14.4 Å². The molecule has 0 aromatic carbocycles. The molecule has 0 aliphatic rings. The number of esters is 3. The first kappa shape index (κ1) is 66.9. The molecule has 1 unspecified atom stereocenters. The summed E-state index contributed by atoms with van der Waals surface area (Å²) >= 11 is 0. The van der Waals surface area contributed by atoms with Crippen LogP contribution in [0.5, 0.6) is 0 Å². The molecule has 0 saturated carbocycles. The van der Waals surface area contributed by atoms with Gasteiger partial charge in [-0.2, -0.15) is 0 Å². The molecule has 0 saturated heterocycles. The van der Waals surface area contributed by atoms with Crippen LogP contribution >= 0.6 is 0 Å². The molecule has 69 heavy (non-hydrogen) atoms. The van der Waals surface area contributed by atoms with Crippen molar-refractivity contribution in [1.29, 1.82) is 0 Å². The van der Waals surface area contributed by atoms with Crippen molar-refractivity contribution in [2.45, 2.75) is 348 Å². The first-order chi connectivity index (χ1) is 34.0. The molecule has 0 fully saturated rings. The van der Waals surface area contributed by atoms with E-state index < -0.39 is 6.10 Å². The van der Waals surface area contributed by atoms with E-state index in [4.69, 9.17) is 14.2 Å². The Morgan fingerprint density at radius 3 is 0.797 bits per heavy atom. The number of rotatable bonds is 57. The molecule has 0 heterocycles. The Balaban J connectivity index is 4.13. The Hall–Kier alpha value is -2.11. The highest BCUT2D eigenvalue weighted by atomic mass is 16.6. The van der Waals surface area contributed by atoms with Crippen LogP contribution in [0.2, 0.25) is 0 Å². The van der Waals surface area contributed by atoms with Gasteiger partial charge in [0, 0.05) is 19.3 Å². The number of unbranched alkanes of at least 4 members (excludes halogenated alkanes) is 42. The molecule has 0 rings (SSSR count). The van der Waals surface area contributed by atoms with Gasteiger partial charge in [-0.1, -0.05) is 295 Å². The molecule has 1 atom stereocenters. The second-order valence-corrected chi connectivity index (χ2v) is 21.0. The first-order valence-electron chi connectivity index (χ1n) is 30.8. The summed E-state index contributed by atoms with van der Waals surface area (Å²) in [6, 6.07) is 0. The summed E-state index contributed by atoms with van der Waals surface area (Å²) in [4.78, 5) is 38.1. The third-order valence-electron chi connectivity index (χ3n) is 14.0. The zero-order chi connectivity index (χ0) is 50.0. The summed E-state index contributed by atoms with van der Waals surface area (Å²) < 4.78 is 16.9. The van der Waals surface area contributed by atoms with E-state index in [0.29, 0.717) is 19.3 Å². The third kappa shape index (κ3) is 56.7. The molecular weight excluding hydrogens is 853 g/mol. The molecule has 0 amide bonds. The van der Waals surface area contributed by atoms with Crippen molar-refractivity contribution >= 4 is 17.9 Å². The van der Waals surface area contributed by atoms with Gasteiger partial charge in [0.05, 0.1) is 0 Å². The summed E-state index contributed by atoms with van der Waals surface area (Å²) in [5.41, 5.74) is 0. The SMILES string of the molecule is CCCCCCC/C=C\C/C=C\CCCCCCCCCCCCCCCCCC(=O)OCC(COC(=O)CCCCCCCCCCCCCC)OC(=O)CCCCCCCCCCCCCC. The van der Waals surface area contributed by atoms with Crippen LogP contribution in [0.3, 0.4) is 0 Å². The lowest BCUT2D eigenvalue weighted by Gasteiger charge is -2.18. The number of carbonyl (C=O) groups excluding carboxylic acids is 3. The fourth-order valence-corrected chi connectivity index (χ4v) is 9.30. The van der Waals surface area contributed by atoms with E-state index in [1.54, 1.807) is 0 Å². The van der Waals surface area contributed by atoms with Gasteiger partial charge in [0.25, 0.3) is 0 Å². The van der Waals surface area contributed by atoms with E-state index in [1.165, 1.54) is 238 Å². The van der Waals surface area contributed by atoms with E-state index in [-0.39, 0.29) is 31.1 Å². The van der Waals surface area contributed by atoms with Crippen molar-refractivity contribution in [3.8, 4) is 0 Å². The van der Waals surface area contributed by atoms with E-state index in [1.807, 2.05) is 0 Å². The Kier molecular flexibility index (Phi) is 56.7. The number of hydrogen-bond donors (Lipinski definition) is 0. The van der Waals surface area contributed by atoms with E-state index in [2.05, 4.69) is 45.1 Å². The van der Waals surface area contributed by atoms with Gasteiger partial charge >= 0.3 is 17.9 Å². The van der Waals surface area contributed by atoms with Crippen LogP contribution in [-0.2, 0) is 28.6 Å². The molecule has 406 valence electrons. The van der Waals surface area contributed by atoms with Crippen LogP contribution in [0.15, 0.2) is 24.3 Å². The minimum Gasteiger partial charge on any atom is -0.462 e. The Morgan fingerprint density at radius 1 is 0.290 bits per heavy atom. The monoisotopic (exact) mass is 971 g/mol. The quantitative estimate of drug-likeness (QED) is 0.0261. The highest BCUT2D eigenvalue weighted by Crippen LogP contribution is 2.17. The fraction of sp³-hybridized carbons (Fsp3) is 0.889. The molecule has 6 heteroatoms. The Bertz CT molecular complexity index is 1110. The molecule has 0 aliphatic carbocycles. The normalized spacial score (nSPS) is 12.1. The summed E-state index contributed by atoms with van der Waals surface area (Å²) in [6.07, 6.45) is 69.0. The Morgan fingerprint density at radius 2 is 0.522 bits per heavy atom. The fourth-order valence-electron chi connectivity index (χ4n) is 9.30. The summed E-state index contributed by atoms with van der Waals surface area (Å²) in [7, 11) is 0. The summed E-state index contributed by atoms with van der Waals surface area (Å²) in [5, 5.41) is 0. The Labute approximate surface area is 430 Å². The summed E-state index contributed by atoms with van der Waals surface area (Å²) in [6.45, 7) is 6.67. The largest absolute Gasteiger partial charge is 0.462 e. The predicted octanol–water partition coefficient (Wildman–Crippen LogP) is 20.7. The maximum atomic E-state index is 12.8. The molecule has 0 aromatic rings. The van der Waals surface area contributed by atoms with Gasteiger partial charge in [0.1, 0.15) is 13.2 Å². The molecular formula is C63H118O6. The molecule has 0 N–H and O–H groups in total. The lowest BCUT2D eigenvalue weighted by molar-refractivity contribution is -0.167. The molecule has 0 spiro atoms. The minimum atomic E-state index is -0.764. The van der Waals surface area contributed by atoms with Crippen molar-refractivity contribution in [3.63, 3.8) is 0 Å². The second kappa shape index (κ2) is 58.5. The summed E-state index contributed by atoms with van der Waals surface area (Å²) in [5.74, 6) is -0.843. The lowest BCUT2D eigenvalue weighted by atomic mass is 10.0. The van der Waals surface area contributed by atoms with Crippen LogP contribution in [0.1, 0.15) is 342 Å². The van der Waals surface area contributed by atoms with Gasteiger partial charge in [0.15, 0.2) is 6.10 Å². The molecule has 0 aromatic heterocycles. The lowest BCUT2D eigenvalue weighted by Crippen LogP contribution is -2.30. The van der Waals surface area contributed by atoms with Crippen molar-refractivity contribution in [2.75, 3.05) is 13.2 Å². The van der Waals surface area contributed by atoms with Crippen molar-refractivity contribution in [1.82, 2.24) is 0 Å². The van der Waals surface area contributed by atoms with Crippen molar-refractivity contribution in [2.24, 2.45) is 0 Å². The predicted molar refractivity (Wildman–Crippen MR) is 298 cm³/mol. The highest BCUT2D eigenvalue weighted by Gasteiger charge is 2.19. The maximum Gasteiger partial charge on any atom is 0.306 e. The molecule has 0 radical (unpaired) electrons. The smallest absolute Gasteiger partial charge is 0.306 e. The zero-order valence-electron chi connectivity index (χ0n) is 46.6. The van der Waals surface area contributed by atoms with Gasteiger partial charge < -0.3 is 14.2 Å². The van der Waals surface area contributed by atoms with Gasteiger partial charge in [-0.25, -0.2) is 0 Å². The highest BCUT2D eigenvalue weighted by molar-refractivity contribution is 5.71. The first-order valence-corrected chi connectivity index (χ1v) is 30.8. The second-order valence-electron chi connectivity index (χ2n) is 21.0. The zero-order valence-corrected chi connectivity index (χ0v) is 46.6. The van der Waals surface area contributed by atoms with Crippen LogP contribution < -0.4 is 0 Å². The molecule has 6 nitrogen and oxygen atoms in total. The maximum absolute atomic E-state index is 12.8. The molecule has 0 bridgehead atoms.